The van der Waals surface area contributed by atoms with Gasteiger partial charge in [-0.1, -0.05) is 60.7 Å². The van der Waals surface area contributed by atoms with Crippen LogP contribution < -0.4 is 16.0 Å². The molecule has 0 aromatic heterocycles. The molecule has 4 aromatic rings. The van der Waals surface area contributed by atoms with Crippen LogP contribution in [0.15, 0.2) is 97.1 Å². The zero-order valence-corrected chi connectivity index (χ0v) is 25.1. The van der Waals surface area contributed by atoms with Crippen LogP contribution in [0, 0.1) is 12.8 Å². The summed E-state index contributed by atoms with van der Waals surface area (Å²) in [6.07, 6.45) is 2.37. The molecule has 0 bridgehead atoms. The molecule has 2 atom stereocenters. The van der Waals surface area contributed by atoms with Gasteiger partial charge in [-0.3, -0.25) is 9.59 Å². The number of carboxylic acid groups (broad SMARTS) is 1. The van der Waals surface area contributed by atoms with E-state index in [4.69, 9.17) is 5.73 Å². The van der Waals surface area contributed by atoms with E-state index in [9.17, 15) is 19.5 Å². The maximum absolute atomic E-state index is 13.7. The Balaban J connectivity index is 1.51. The van der Waals surface area contributed by atoms with E-state index in [1.54, 1.807) is 30.0 Å². The Kier molecular flexibility index (Phi) is 8.87. The standard InChI is InChI=1S/C35H35N3O4S/c1-23-8-6-7-11-29(23)31-18-25(12-17-30(31)33(40)37-35(34(41)42)19-27(35)22-43-2)21-38(20-24-9-4-3-5-10-24)28-15-13-26(14-16-28)32(36)39/h3-18,27H,19-22H2,1-2H3,(H2,36,39)(H,37,40)(H,41,42). The Labute approximate surface area is 256 Å². The minimum absolute atomic E-state index is 0.0994. The molecule has 0 heterocycles. The van der Waals surface area contributed by atoms with Crippen LogP contribution in [-0.2, 0) is 17.9 Å². The second kappa shape index (κ2) is 12.8. The van der Waals surface area contributed by atoms with E-state index in [0.717, 1.165) is 33.5 Å². The number of nitrogens with zero attached hydrogens (tertiary/aromatic N) is 1. The molecule has 2 amide bonds. The Morgan fingerprint density at radius 3 is 2.23 bits per heavy atom. The van der Waals surface area contributed by atoms with E-state index in [1.807, 2.05) is 79.9 Å². The fraction of sp³-hybridized carbons (Fsp3) is 0.229. The molecular formula is C35H35N3O4S. The van der Waals surface area contributed by atoms with Gasteiger partial charge in [0.15, 0.2) is 0 Å². The largest absolute Gasteiger partial charge is 0.479 e. The normalized spacial score (nSPS) is 17.2. The van der Waals surface area contributed by atoms with E-state index in [-0.39, 0.29) is 11.8 Å². The van der Waals surface area contributed by atoms with Crippen LogP contribution in [-0.4, -0.2) is 40.4 Å². The summed E-state index contributed by atoms with van der Waals surface area (Å²) in [5.74, 6) is -1.29. The van der Waals surface area contributed by atoms with E-state index in [2.05, 4.69) is 22.3 Å². The number of aliphatic carboxylic acids is 1. The van der Waals surface area contributed by atoms with Crippen molar-refractivity contribution in [1.82, 2.24) is 5.32 Å². The van der Waals surface area contributed by atoms with E-state index in [1.165, 1.54) is 0 Å². The van der Waals surface area contributed by atoms with Gasteiger partial charge in [-0.2, -0.15) is 11.8 Å². The van der Waals surface area contributed by atoms with Crippen molar-refractivity contribution in [2.24, 2.45) is 11.7 Å². The van der Waals surface area contributed by atoms with Crippen molar-refractivity contribution >= 4 is 35.2 Å². The molecule has 1 aliphatic rings. The third-order valence-corrected chi connectivity index (χ3v) is 8.80. The van der Waals surface area contributed by atoms with Crippen molar-refractivity contribution in [2.75, 3.05) is 16.9 Å². The van der Waals surface area contributed by atoms with Gasteiger partial charge in [0.05, 0.1) is 0 Å². The molecule has 43 heavy (non-hydrogen) atoms. The lowest BCUT2D eigenvalue weighted by molar-refractivity contribution is -0.140. The van der Waals surface area contributed by atoms with Gasteiger partial charge in [0.25, 0.3) is 5.91 Å². The molecule has 1 fully saturated rings. The summed E-state index contributed by atoms with van der Waals surface area (Å²) in [6, 6.07) is 31.0. The number of anilines is 1. The molecule has 7 nitrogen and oxygen atoms in total. The number of carbonyl (C=O) groups excluding carboxylic acids is 2. The van der Waals surface area contributed by atoms with Crippen LogP contribution in [0.5, 0.6) is 0 Å². The molecular weight excluding hydrogens is 558 g/mol. The fourth-order valence-electron chi connectivity index (χ4n) is 5.56. The number of benzene rings is 4. The summed E-state index contributed by atoms with van der Waals surface area (Å²) < 4.78 is 0. The molecule has 2 unspecified atom stereocenters. The summed E-state index contributed by atoms with van der Waals surface area (Å²) in [5, 5.41) is 12.9. The lowest BCUT2D eigenvalue weighted by atomic mass is 9.93. The predicted octanol–water partition coefficient (Wildman–Crippen LogP) is 5.90. The van der Waals surface area contributed by atoms with Gasteiger partial charge in [-0.25, -0.2) is 4.79 Å². The van der Waals surface area contributed by atoms with Crippen LogP contribution in [0.1, 0.15) is 43.8 Å². The SMILES string of the molecule is CSCC1CC1(NC(=O)c1ccc(CN(Cc2ccccc2)c2ccc(C(N)=O)cc2)cc1-c1ccccc1C)C(=O)O. The number of aryl methyl sites for hydroxylation is 1. The number of hydrogen-bond acceptors (Lipinski definition) is 5. The van der Waals surface area contributed by atoms with Crippen molar-refractivity contribution in [2.45, 2.75) is 32.0 Å². The summed E-state index contributed by atoms with van der Waals surface area (Å²) in [5.41, 5.74) is 10.8. The first-order valence-electron chi connectivity index (χ1n) is 14.1. The number of primary amides is 1. The molecule has 0 radical (unpaired) electrons. The first-order valence-corrected chi connectivity index (χ1v) is 15.5. The first kappa shape index (κ1) is 29.9. The number of rotatable bonds is 12. The van der Waals surface area contributed by atoms with Crippen molar-refractivity contribution in [3.05, 3.63) is 125 Å². The van der Waals surface area contributed by atoms with Crippen molar-refractivity contribution in [1.29, 1.82) is 0 Å². The van der Waals surface area contributed by atoms with Gasteiger partial charge in [0.1, 0.15) is 5.54 Å². The molecule has 0 saturated heterocycles. The molecule has 1 saturated carbocycles. The molecule has 8 heteroatoms. The smallest absolute Gasteiger partial charge is 0.329 e. The molecule has 0 spiro atoms. The van der Waals surface area contributed by atoms with Crippen LogP contribution in [0.25, 0.3) is 11.1 Å². The molecule has 5 rings (SSSR count). The number of amides is 2. The molecule has 1 aliphatic carbocycles. The molecule has 4 aromatic carbocycles. The zero-order valence-electron chi connectivity index (χ0n) is 24.2. The number of hydrogen-bond donors (Lipinski definition) is 3. The first-order chi connectivity index (χ1) is 20.7. The topological polar surface area (TPSA) is 113 Å². The Morgan fingerprint density at radius 2 is 1.58 bits per heavy atom. The maximum Gasteiger partial charge on any atom is 0.329 e. The highest BCUT2D eigenvalue weighted by Crippen LogP contribution is 2.46. The summed E-state index contributed by atoms with van der Waals surface area (Å²) in [7, 11) is 0. The van der Waals surface area contributed by atoms with Gasteiger partial charge >= 0.3 is 5.97 Å². The lowest BCUT2D eigenvalue weighted by Crippen LogP contribution is -2.45. The van der Waals surface area contributed by atoms with E-state index in [0.29, 0.717) is 36.4 Å². The average Bonchev–Trinajstić information content (AvgIpc) is 3.71. The highest BCUT2D eigenvalue weighted by atomic mass is 32.2. The van der Waals surface area contributed by atoms with Gasteiger partial charge in [0, 0.05) is 35.8 Å². The number of carbonyl (C=O) groups is 3. The van der Waals surface area contributed by atoms with Gasteiger partial charge in [-0.05, 0) is 89.6 Å². The summed E-state index contributed by atoms with van der Waals surface area (Å²) in [6.45, 7) is 3.15. The molecule has 0 aliphatic heterocycles. The highest BCUT2D eigenvalue weighted by molar-refractivity contribution is 7.98. The Morgan fingerprint density at radius 1 is 0.907 bits per heavy atom. The number of nitrogens with two attached hydrogens (primary N) is 1. The Bertz CT molecular complexity index is 1640. The van der Waals surface area contributed by atoms with E-state index >= 15 is 0 Å². The van der Waals surface area contributed by atoms with Crippen molar-refractivity contribution < 1.29 is 19.5 Å². The minimum Gasteiger partial charge on any atom is -0.479 e. The van der Waals surface area contributed by atoms with Gasteiger partial charge < -0.3 is 21.1 Å². The number of carboxylic acids is 1. The maximum atomic E-state index is 13.7. The number of nitrogens with one attached hydrogen (secondary N) is 1. The quantitative estimate of drug-likeness (QED) is 0.188. The van der Waals surface area contributed by atoms with Crippen LogP contribution in [0.3, 0.4) is 0 Å². The Hall–Kier alpha value is -4.56. The van der Waals surface area contributed by atoms with Gasteiger partial charge in [0.2, 0.25) is 5.91 Å². The third-order valence-electron chi connectivity index (χ3n) is 8.06. The van der Waals surface area contributed by atoms with Crippen LogP contribution >= 0.6 is 11.8 Å². The highest BCUT2D eigenvalue weighted by Gasteiger charge is 2.61. The third kappa shape index (κ3) is 6.60. The number of thioether (sulfide) groups is 1. The molecule has 220 valence electrons. The second-order valence-corrected chi connectivity index (χ2v) is 11.9. The summed E-state index contributed by atoms with van der Waals surface area (Å²) >= 11 is 1.58. The van der Waals surface area contributed by atoms with Crippen molar-refractivity contribution in [3.63, 3.8) is 0 Å². The van der Waals surface area contributed by atoms with E-state index < -0.39 is 17.4 Å². The molecule has 4 N–H and O–H groups in total. The van der Waals surface area contributed by atoms with Gasteiger partial charge in [-0.15, -0.1) is 0 Å². The zero-order chi connectivity index (χ0) is 30.6. The second-order valence-electron chi connectivity index (χ2n) is 11.0. The predicted molar refractivity (Wildman–Crippen MR) is 172 cm³/mol. The average molecular weight is 594 g/mol. The van der Waals surface area contributed by atoms with Crippen LogP contribution in [0.2, 0.25) is 0 Å². The van der Waals surface area contributed by atoms with Crippen LogP contribution in [0.4, 0.5) is 5.69 Å². The minimum atomic E-state index is -1.23. The summed E-state index contributed by atoms with van der Waals surface area (Å²) in [4.78, 5) is 39.8. The lowest BCUT2D eigenvalue weighted by Gasteiger charge is -2.26. The van der Waals surface area contributed by atoms with Crippen molar-refractivity contribution in [3.8, 4) is 11.1 Å². The monoisotopic (exact) mass is 593 g/mol. The fourth-order valence-corrected chi connectivity index (χ4v) is 6.36.